The maximum absolute atomic E-state index is 5.57. The van der Waals surface area contributed by atoms with Gasteiger partial charge in [0.2, 0.25) is 0 Å². The van der Waals surface area contributed by atoms with Crippen LogP contribution in [0.3, 0.4) is 0 Å². The summed E-state index contributed by atoms with van der Waals surface area (Å²) in [5.74, 6) is 0.950. The van der Waals surface area contributed by atoms with Gasteiger partial charge in [0.05, 0.1) is 0 Å². The molecule has 7 heteroatoms. The molecule has 0 bridgehead atoms. The summed E-state index contributed by atoms with van der Waals surface area (Å²) in [7, 11) is 6.24. The number of likely N-dealkylation sites (N-methyl/N-ethyl adjacent to an activating group) is 1. The van der Waals surface area contributed by atoms with Gasteiger partial charge in [-0.2, -0.15) is 0 Å². The summed E-state index contributed by atoms with van der Waals surface area (Å²) in [5, 5.41) is 7.26. The predicted octanol–water partition coefficient (Wildman–Crippen LogP) is 1.90. The molecule has 152 valence electrons. The molecule has 1 saturated carbocycles. The summed E-state index contributed by atoms with van der Waals surface area (Å²) in [6, 6.07) is 1.36. The van der Waals surface area contributed by atoms with E-state index in [4.69, 9.17) is 4.74 Å². The Hall–Kier alpha value is -0.120. The minimum atomic E-state index is 0. The predicted molar refractivity (Wildman–Crippen MR) is 119 cm³/mol. The summed E-state index contributed by atoms with van der Waals surface area (Å²) in [4.78, 5) is 9.52. The van der Waals surface area contributed by atoms with Crippen molar-refractivity contribution < 1.29 is 4.74 Å². The summed E-state index contributed by atoms with van der Waals surface area (Å²) in [6.45, 7) is 5.02. The van der Waals surface area contributed by atoms with Crippen LogP contribution < -0.4 is 10.6 Å². The van der Waals surface area contributed by atoms with E-state index in [2.05, 4.69) is 39.5 Å². The highest BCUT2D eigenvalue weighted by atomic mass is 127. The first-order valence-electron chi connectivity index (χ1n) is 10.1. The first kappa shape index (κ1) is 22.2. The Morgan fingerprint density at radius 2 is 1.88 bits per heavy atom. The van der Waals surface area contributed by atoms with Crippen LogP contribution in [0.5, 0.6) is 0 Å². The number of nitrogens with zero attached hydrogens (tertiary/aromatic N) is 3. The molecule has 26 heavy (non-hydrogen) atoms. The lowest BCUT2D eigenvalue weighted by molar-refractivity contribution is -0.00502. The van der Waals surface area contributed by atoms with Gasteiger partial charge in [-0.15, -0.1) is 24.0 Å². The van der Waals surface area contributed by atoms with Gasteiger partial charge >= 0.3 is 0 Å². The van der Waals surface area contributed by atoms with Crippen LogP contribution >= 0.6 is 24.0 Å². The minimum Gasteiger partial charge on any atom is -0.381 e. The van der Waals surface area contributed by atoms with E-state index in [1.807, 2.05) is 7.05 Å². The second-order valence-corrected chi connectivity index (χ2v) is 8.22. The van der Waals surface area contributed by atoms with Gasteiger partial charge in [-0.25, -0.2) is 0 Å². The van der Waals surface area contributed by atoms with Crippen LogP contribution in [0.1, 0.15) is 44.9 Å². The van der Waals surface area contributed by atoms with Gasteiger partial charge in [0.25, 0.3) is 0 Å². The number of nitrogens with one attached hydrogen (secondary N) is 2. The molecule has 3 rings (SSSR count). The number of hydrogen-bond acceptors (Lipinski definition) is 4. The Bertz CT molecular complexity index is 447. The fraction of sp³-hybridized carbons (Fsp3) is 0.947. The molecule has 3 fully saturated rings. The molecular formula is C19H38IN5O. The minimum absolute atomic E-state index is 0. The van der Waals surface area contributed by atoms with E-state index in [9.17, 15) is 0 Å². The second kappa shape index (κ2) is 10.4. The van der Waals surface area contributed by atoms with Crippen molar-refractivity contribution in [1.82, 2.24) is 20.4 Å². The van der Waals surface area contributed by atoms with Gasteiger partial charge < -0.3 is 20.3 Å². The molecule has 6 nitrogen and oxygen atoms in total. The summed E-state index contributed by atoms with van der Waals surface area (Å²) >= 11 is 0. The first-order valence-corrected chi connectivity index (χ1v) is 10.1. The number of rotatable bonds is 5. The fourth-order valence-corrected chi connectivity index (χ4v) is 4.68. The number of ether oxygens (including phenoxy) is 1. The van der Waals surface area contributed by atoms with Crippen molar-refractivity contribution in [3.63, 3.8) is 0 Å². The summed E-state index contributed by atoms with van der Waals surface area (Å²) in [6.07, 6.45) is 8.99. The topological polar surface area (TPSA) is 52.1 Å². The van der Waals surface area contributed by atoms with Crippen molar-refractivity contribution in [2.75, 3.05) is 54.0 Å². The van der Waals surface area contributed by atoms with Gasteiger partial charge in [0.1, 0.15) is 0 Å². The lowest BCUT2D eigenvalue weighted by atomic mass is 9.88. The van der Waals surface area contributed by atoms with Crippen LogP contribution in [-0.4, -0.2) is 87.4 Å². The molecule has 0 spiro atoms. The van der Waals surface area contributed by atoms with Gasteiger partial charge in [0.15, 0.2) is 5.96 Å². The Labute approximate surface area is 176 Å². The van der Waals surface area contributed by atoms with Crippen molar-refractivity contribution in [3.8, 4) is 0 Å². The second-order valence-electron chi connectivity index (χ2n) is 8.22. The van der Waals surface area contributed by atoms with Gasteiger partial charge in [-0.05, 0) is 46.2 Å². The van der Waals surface area contributed by atoms with Crippen LogP contribution in [0.25, 0.3) is 0 Å². The SMILES string of the molecule is CN=C(NCC1(N(C)C)CCOCC1)NC1CCN(C2CCCC2)C1.I. The molecule has 2 heterocycles. The third kappa shape index (κ3) is 5.45. The van der Waals surface area contributed by atoms with Crippen molar-refractivity contribution in [2.45, 2.75) is 62.6 Å². The van der Waals surface area contributed by atoms with E-state index in [0.29, 0.717) is 6.04 Å². The van der Waals surface area contributed by atoms with Gasteiger partial charge in [-0.1, -0.05) is 12.8 Å². The Morgan fingerprint density at radius 1 is 1.19 bits per heavy atom. The highest BCUT2D eigenvalue weighted by Crippen LogP contribution is 2.27. The molecular weight excluding hydrogens is 441 g/mol. The number of halogens is 1. The van der Waals surface area contributed by atoms with E-state index in [1.165, 1.54) is 38.6 Å². The standard InChI is InChI=1S/C19H37N5O.HI/c1-20-18(21-15-19(23(2)3)9-12-25-13-10-19)22-16-8-11-24(14-16)17-6-4-5-7-17;/h16-17H,4-15H2,1-3H3,(H2,20,21,22);1H. The van der Waals surface area contributed by atoms with Crippen molar-refractivity contribution in [1.29, 1.82) is 0 Å². The summed E-state index contributed by atoms with van der Waals surface area (Å²) < 4.78 is 5.57. The molecule has 1 unspecified atom stereocenters. The van der Waals surface area contributed by atoms with Crippen LogP contribution in [0, 0.1) is 0 Å². The van der Waals surface area contributed by atoms with Crippen molar-refractivity contribution >= 4 is 29.9 Å². The quantitative estimate of drug-likeness (QED) is 0.359. The number of hydrogen-bond donors (Lipinski definition) is 2. The molecule has 0 aromatic rings. The highest BCUT2D eigenvalue weighted by molar-refractivity contribution is 14.0. The lowest BCUT2D eigenvalue weighted by Crippen LogP contribution is -2.57. The van der Waals surface area contributed by atoms with Crippen LogP contribution in [0.2, 0.25) is 0 Å². The molecule has 1 aliphatic carbocycles. The third-order valence-corrected chi connectivity index (χ3v) is 6.58. The molecule has 2 saturated heterocycles. The van der Waals surface area contributed by atoms with E-state index in [1.54, 1.807) is 0 Å². The number of guanidine groups is 1. The van der Waals surface area contributed by atoms with Gasteiger partial charge in [-0.3, -0.25) is 9.89 Å². The monoisotopic (exact) mass is 479 g/mol. The van der Waals surface area contributed by atoms with Crippen LogP contribution in [-0.2, 0) is 4.74 Å². The average molecular weight is 479 g/mol. The Balaban J connectivity index is 0.00000243. The van der Waals surface area contributed by atoms with E-state index in [-0.39, 0.29) is 29.5 Å². The van der Waals surface area contributed by atoms with E-state index in [0.717, 1.165) is 51.1 Å². The smallest absolute Gasteiger partial charge is 0.191 e. The molecule has 1 atom stereocenters. The number of likely N-dealkylation sites (tertiary alicyclic amines) is 1. The largest absolute Gasteiger partial charge is 0.381 e. The summed E-state index contributed by atoms with van der Waals surface area (Å²) in [5.41, 5.74) is 0.168. The lowest BCUT2D eigenvalue weighted by Gasteiger charge is -2.43. The number of aliphatic imine (C=N–C) groups is 1. The van der Waals surface area contributed by atoms with Crippen molar-refractivity contribution in [2.24, 2.45) is 4.99 Å². The van der Waals surface area contributed by atoms with E-state index < -0.39 is 0 Å². The zero-order valence-electron chi connectivity index (χ0n) is 16.8. The van der Waals surface area contributed by atoms with Crippen LogP contribution in [0.15, 0.2) is 4.99 Å². The van der Waals surface area contributed by atoms with Gasteiger partial charge in [0, 0.05) is 57.5 Å². The molecule has 3 aliphatic rings. The highest BCUT2D eigenvalue weighted by Gasteiger charge is 2.35. The Kier molecular flexibility index (Phi) is 8.90. The maximum atomic E-state index is 5.57. The molecule has 2 aliphatic heterocycles. The normalized spacial score (nSPS) is 27.5. The third-order valence-electron chi connectivity index (χ3n) is 6.58. The van der Waals surface area contributed by atoms with Crippen molar-refractivity contribution in [3.05, 3.63) is 0 Å². The Morgan fingerprint density at radius 3 is 2.50 bits per heavy atom. The van der Waals surface area contributed by atoms with Crippen LogP contribution in [0.4, 0.5) is 0 Å². The van der Waals surface area contributed by atoms with E-state index >= 15 is 0 Å². The maximum Gasteiger partial charge on any atom is 0.191 e. The molecule has 0 aromatic heterocycles. The zero-order chi connectivity index (χ0) is 17.7. The molecule has 0 radical (unpaired) electrons. The molecule has 2 N–H and O–H groups in total. The molecule has 0 aromatic carbocycles. The first-order chi connectivity index (χ1) is 12.1. The average Bonchev–Trinajstić information content (AvgIpc) is 3.30. The molecule has 0 amide bonds. The zero-order valence-corrected chi connectivity index (χ0v) is 19.1. The fourth-order valence-electron chi connectivity index (χ4n) is 4.68.